The van der Waals surface area contributed by atoms with Gasteiger partial charge in [0.2, 0.25) is 5.91 Å². The van der Waals surface area contributed by atoms with Gasteiger partial charge in [0.05, 0.1) is 31.6 Å². The second kappa shape index (κ2) is 10.5. The first-order valence-electron chi connectivity index (χ1n) is 9.66. The number of carbonyl (C=O) groups is 1. The Morgan fingerprint density at radius 2 is 1.96 bits per heavy atom. The number of ether oxygens (including phenoxy) is 2. The number of benzene rings is 1. The number of hydrogen-bond donors (Lipinski definition) is 1. The summed E-state index contributed by atoms with van der Waals surface area (Å²) in [7, 11) is 0. The van der Waals surface area contributed by atoms with E-state index in [0.717, 1.165) is 35.3 Å². The van der Waals surface area contributed by atoms with Crippen molar-refractivity contribution in [3.05, 3.63) is 47.9 Å². The van der Waals surface area contributed by atoms with Gasteiger partial charge in [-0.15, -0.1) is 11.8 Å². The van der Waals surface area contributed by atoms with Gasteiger partial charge in [-0.3, -0.25) is 9.69 Å². The Kier molecular flexibility index (Phi) is 7.82. The van der Waals surface area contributed by atoms with E-state index in [0.29, 0.717) is 32.1 Å². The maximum atomic E-state index is 12.4. The standard InChI is InChI=1S/C21H28N2O4S/c1-3-26-17-5-7-18(8-6-17)28-15-21(24)22-14-19(20-9-4-16(2)27-20)23-10-12-25-13-11-23/h4-9,19H,3,10-15H2,1-2H3,(H,22,24). The lowest BCUT2D eigenvalue weighted by Gasteiger charge is -2.33. The third-order valence-corrected chi connectivity index (χ3v) is 5.59. The number of amides is 1. The highest BCUT2D eigenvalue weighted by atomic mass is 32.2. The molecule has 1 aliphatic rings. The van der Waals surface area contributed by atoms with Crippen LogP contribution in [-0.2, 0) is 9.53 Å². The topological polar surface area (TPSA) is 63.9 Å². The summed E-state index contributed by atoms with van der Waals surface area (Å²) in [5.74, 6) is 3.00. The Bertz CT molecular complexity index is 741. The number of rotatable bonds is 9. The predicted molar refractivity (Wildman–Crippen MR) is 110 cm³/mol. The van der Waals surface area contributed by atoms with Crippen LogP contribution in [0.25, 0.3) is 0 Å². The molecule has 1 aromatic heterocycles. The van der Waals surface area contributed by atoms with E-state index in [4.69, 9.17) is 13.9 Å². The number of carbonyl (C=O) groups excluding carboxylic acids is 1. The average Bonchev–Trinajstić information content (AvgIpc) is 3.15. The second-order valence-corrected chi connectivity index (χ2v) is 7.66. The van der Waals surface area contributed by atoms with E-state index < -0.39 is 0 Å². The molecule has 0 aliphatic carbocycles. The van der Waals surface area contributed by atoms with E-state index in [9.17, 15) is 4.79 Å². The third kappa shape index (κ3) is 6.02. The summed E-state index contributed by atoms with van der Waals surface area (Å²) in [6.07, 6.45) is 0. The lowest BCUT2D eigenvalue weighted by molar-refractivity contribution is -0.118. The lowest BCUT2D eigenvalue weighted by atomic mass is 10.1. The van der Waals surface area contributed by atoms with Crippen LogP contribution in [0.4, 0.5) is 0 Å². The van der Waals surface area contributed by atoms with Gasteiger partial charge >= 0.3 is 0 Å². The molecular weight excluding hydrogens is 376 g/mol. The average molecular weight is 405 g/mol. The number of furan rings is 1. The Morgan fingerprint density at radius 1 is 1.21 bits per heavy atom. The molecule has 1 aliphatic heterocycles. The lowest BCUT2D eigenvalue weighted by Crippen LogP contribution is -2.44. The number of morpholine rings is 1. The van der Waals surface area contributed by atoms with E-state index >= 15 is 0 Å². The number of thioether (sulfide) groups is 1. The smallest absolute Gasteiger partial charge is 0.230 e. The molecule has 7 heteroatoms. The monoisotopic (exact) mass is 404 g/mol. The van der Waals surface area contributed by atoms with Gasteiger partial charge in [-0.1, -0.05) is 0 Å². The van der Waals surface area contributed by atoms with Gasteiger partial charge in [0.1, 0.15) is 17.3 Å². The molecule has 2 aromatic rings. The summed E-state index contributed by atoms with van der Waals surface area (Å²) in [4.78, 5) is 15.7. The Morgan fingerprint density at radius 3 is 2.61 bits per heavy atom. The molecule has 0 radical (unpaired) electrons. The zero-order valence-electron chi connectivity index (χ0n) is 16.5. The maximum Gasteiger partial charge on any atom is 0.230 e. The van der Waals surface area contributed by atoms with Crippen molar-refractivity contribution in [2.75, 3.05) is 45.2 Å². The molecule has 1 fully saturated rings. The molecule has 0 spiro atoms. The normalized spacial score (nSPS) is 15.9. The SMILES string of the molecule is CCOc1ccc(SCC(=O)NCC(c2ccc(C)o2)N2CCOCC2)cc1. The first kappa shape index (κ1) is 20.8. The quantitative estimate of drug-likeness (QED) is 0.647. The molecule has 1 N–H and O–H groups in total. The molecule has 3 rings (SSSR count). The van der Waals surface area contributed by atoms with Crippen LogP contribution in [0, 0.1) is 6.92 Å². The minimum atomic E-state index is 0.0143. The van der Waals surface area contributed by atoms with Gasteiger partial charge in [-0.2, -0.15) is 0 Å². The minimum Gasteiger partial charge on any atom is -0.494 e. The van der Waals surface area contributed by atoms with Crippen molar-refractivity contribution >= 4 is 17.7 Å². The fourth-order valence-corrected chi connectivity index (χ4v) is 3.87. The highest BCUT2D eigenvalue weighted by Crippen LogP contribution is 2.24. The summed E-state index contributed by atoms with van der Waals surface area (Å²) in [5, 5.41) is 3.06. The van der Waals surface area contributed by atoms with Gasteiger partial charge in [0.25, 0.3) is 0 Å². The van der Waals surface area contributed by atoms with Crippen LogP contribution < -0.4 is 10.1 Å². The number of aryl methyl sites for hydroxylation is 1. The summed E-state index contributed by atoms with van der Waals surface area (Å²) in [5.41, 5.74) is 0. The van der Waals surface area contributed by atoms with Crippen molar-refractivity contribution in [3.63, 3.8) is 0 Å². The Balaban J connectivity index is 1.51. The van der Waals surface area contributed by atoms with E-state index in [1.807, 2.05) is 50.2 Å². The molecule has 1 atom stereocenters. The fourth-order valence-electron chi connectivity index (χ4n) is 3.14. The highest BCUT2D eigenvalue weighted by molar-refractivity contribution is 8.00. The molecule has 0 bridgehead atoms. The zero-order chi connectivity index (χ0) is 19.8. The van der Waals surface area contributed by atoms with Crippen molar-refractivity contribution in [1.82, 2.24) is 10.2 Å². The number of nitrogens with one attached hydrogen (secondary N) is 1. The number of nitrogens with zero attached hydrogens (tertiary/aromatic N) is 1. The van der Waals surface area contributed by atoms with Crippen LogP contribution in [0.2, 0.25) is 0 Å². The van der Waals surface area contributed by atoms with Crippen molar-refractivity contribution in [2.45, 2.75) is 24.8 Å². The van der Waals surface area contributed by atoms with E-state index in [1.54, 1.807) is 0 Å². The van der Waals surface area contributed by atoms with E-state index in [2.05, 4.69) is 10.2 Å². The van der Waals surface area contributed by atoms with Crippen LogP contribution in [0.1, 0.15) is 24.5 Å². The second-order valence-electron chi connectivity index (χ2n) is 6.61. The van der Waals surface area contributed by atoms with Gasteiger partial charge in [0.15, 0.2) is 0 Å². The Hall–Kier alpha value is -1.96. The summed E-state index contributed by atoms with van der Waals surface area (Å²) in [6, 6.07) is 11.8. The third-order valence-electron chi connectivity index (χ3n) is 4.57. The highest BCUT2D eigenvalue weighted by Gasteiger charge is 2.25. The largest absolute Gasteiger partial charge is 0.494 e. The summed E-state index contributed by atoms with van der Waals surface area (Å²) in [6.45, 7) is 8.15. The van der Waals surface area contributed by atoms with Crippen LogP contribution >= 0.6 is 11.8 Å². The molecule has 152 valence electrons. The van der Waals surface area contributed by atoms with Gasteiger partial charge in [0, 0.05) is 24.5 Å². The molecule has 6 nitrogen and oxygen atoms in total. The Labute approximate surface area is 170 Å². The fraction of sp³-hybridized carbons (Fsp3) is 0.476. The molecule has 1 aromatic carbocycles. The summed E-state index contributed by atoms with van der Waals surface area (Å²) >= 11 is 1.52. The summed E-state index contributed by atoms with van der Waals surface area (Å²) < 4.78 is 16.7. The first-order valence-corrected chi connectivity index (χ1v) is 10.6. The van der Waals surface area contributed by atoms with E-state index in [-0.39, 0.29) is 11.9 Å². The van der Waals surface area contributed by atoms with Crippen LogP contribution in [0.5, 0.6) is 5.75 Å². The van der Waals surface area contributed by atoms with Gasteiger partial charge in [-0.25, -0.2) is 0 Å². The van der Waals surface area contributed by atoms with Gasteiger partial charge in [-0.05, 0) is 50.2 Å². The first-order chi connectivity index (χ1) is 13.7. The maximum absolute atomic E-state index is 12.4. The van der Waals surface area contributed by atoms with Crippen molar-refractivity contribution < 1.29 is 18.7 Å². The predicted octanol–water partition coefficient (Wildman–Crippen LogP) is 3.27. The van der Waals surface area contributed by atoms with Crippen molar-refractivity contribution in [2.24, 2.45) is 0 Å². The van der Waals surface area contributed by atoms with Gasteiger partial charge < -0.3 is 19.2 Å². The molecule has 1 unspecified atom stereocenters. The van der Waals surface area contributed by atoms with Crippen molar-refractivity contribution in [1.29, 1.82) is 0 Å². The molecule has 28 heavy (non-hydrogen) atoms. The zero-order valence-corrected chi connectivity index (χ0v) is 17.3. The molecule has 2 heterocycles. The minimum absolute atomic E-state index is 0.0143. The molecule has 1 saturated heterocycles. The molecule has 0 saturated carbocycles. The molecule has 1 amide bonds. The van der Waals surface area contributed by atoms with Crippen molar-refractivity contribution in [3.8, 4) is 5.75 Å². The van der Waals surface area contributed by atoms with E-state index in [1.165, 1.54) is 11.8 Å². The van der Waals surface area contributed by atoms with Crippen LogP contribution in [-0.4, -0.2) is 56.0 Å². The van der Waals surface area contributed by atoms with Crippen LogP contribution in [0.15, 0.2) is 45.7 Å². The number of hydrogen-bond acceptors (Lipinski definition) is 6. The van der Waals surface area contributed by atoms with Crippen LogP contribution in [0.3, 0.4) is 0 Å². The molecular formula is C21H28N2O4S.